The highest BCUT2D eigenvalue weighted by atomic mass is 32.2. The van der Waals surface area contributed by atoms with Crippen LogP contribution in [0.15, 0.2) is 59.8 Å². The molecule has 0 radical (unpaired) electrons. The van der Waals surface area contributed by atoms with E-state index < -0.39 is 10.0 Å². The molecule has 0 aliphatic rings. The molecule has 2 aromatic carbocycles. The second kappa shape index (κ2) is 7.77. The monoisotopic (exact) mass is 396 g/mol. The number of rotatable bonds is 5. The number of hydrogen-bond donors (Lipinski definition) is 2. The Morgan fingerprint density at radius 3 is 2.07 bits per heavy atom. The zero-order valence-corrected chi connectivity index (χ0v) is 16.5. The molecule has 8 heteroatoms. The summed E-state index contributed by atoms with van der Waals surface area (Å²) < 4.78 is 27.1. The van der Waals surface area contributed by atoms with Gasteiger partial charge in [-0.25, -0.2) is 23.1 Å². The molecule has 1 heterocycles. The predicted octanol–water partition coefficient (Wildman–Crippen LogP) is 3.45. The Labute approximate surface area is 163 Å². The minimum absolute atomic E-state index is 0.00907. The molecule has 7 nitrogen and oxygen atoms in total. The van der Waals surface area contributed by atoms with E-state index in [0.29, 0.717) is 11.3 Å². The van der Waals surface area contributed by atoms with Crippen molar-refractivity contribution in [2.24, 2.45) is 0 Å². The molecule has 0 bridgehead atoms. The van der Waals surface area contributed by atoms with Gasteiger partial charge in [0.05, 0.1) is 4.90 Å². The maximum Gasteiger partial charge on any atom is 0.264 e. The van der Waals surface area contributed by atoms with E-state index in [2.05, 4.69) is 20.0 Å². The quantitative estimate of drug-likeness (QED) is 0.688. The average molecular weight is 396 g/mol. The van der Waals surface area contributed by atoms with E-state index in [9.17, 15) is 13.2 Å². The van der Waals surface area contributed by atoms with Crippen molar-refractivity contribution in [1.82, 2.24) is 9.97 Å². The van der Waals surface area contributed by atoms with Crippen LogP contribution >= 0.6 is 0 Å². The molecule has 0 aliphatic carbocycles. The normalized spacial score (nSPS) is 11.1. The van der Waals surface area contributed by atoms with Gasteiger partial charge in [0.15, 0.2) is 0 Å². The number of hydrogen-bond acceptors (Lipinski definition) is 5. The summed E-state index contributed by atoms with van der Waals surface area (Å²) in [5.41, 5.74) is 3.99. The summed E-state index contributed by atoms with van der Waals surface area (Å²) in [6.07, 6.45) is 2.89. The average Bonchev–Trinajstić information content (AvgIpc) is 2.61. The summed E-state index contributed by atoms with van der Waals surface area (Å²) in [5.74, 6) is -0.244. The van der Waals surface area contributed by atoms with Crippen molar-refractivity contribution in [2.45, 2.75) is 25.7 Å². The maximum atomic E-state index is 12.6. The third-order valence-electron chi connectivity index (χ3n) is 4.12. The molecule has 1 amide bonds. The molecule has 0 atom stereocenters. The van der Waals surface area contributed by atoms with Gasteiger partial charge in [0.2, 0.25) is 5.95 Å². The van der Waals surface area contributed by atoms with Crippen molar-refractivity contribution in [2.75, 3.05) is 10.0 Å². The molecule has 2 N–H and O–H groups in total. The Bertz CT molecular complexity index is 1090. The highest BCUT2D eigenvalue weighted by molar-refractivity contribution is 7.92. The first-order chi connectivity index (χ1) is 13.3. The van der Waals surface area contributed by atoms with Gasteiger partial charge in [0.1, 0.15) is 0 Å². The molecule has 0 aliphatic heterocycles. The van der Waals surface area contributed by atoms with Gasteiger partial charge >= 0.3 is 0 Å². The number of carbonyl (C=O) groups excluding carboxylic acids is 1. The van der Waals surface area contributed by atoms with Crippen LogP contribution in [0.2, 0.25) is 0 Å². The van der Waals surface area contributed by atoms with Gasteiger partial charge in [-0.2, -0.15) is 0 Å². The van der Waals surface area contributed by atoms with Gasteiger partial charge in [-0.3, -0.25) is 4.79 Å². The maximum absolute atomic E-state index is 12.6. The fourth-order valence-corrected chi connectivity index (χ4v) is 3.94. The zero-order valence-electron chi connectivity index (χ0n) is 15.7. The Kier molecular flexibility index (Phi) is 5.41. The molecule has 0 unspecified atom stereocenters. The number of anilines is 2. The molecule has 28 heavy (non-hydrogen) atoms. The Hall–Kier alpha value is -3.26. The number of aromatic nitrogens is 2. The minimum Gasteiger partial charge on any atom is -0.322 e. The van der Waals surface area contributed by atoms with Crippen LogP contribution in [-0.2, 0) is 10.0 Å². The first-order valence-corrected chi connectivity index (χ1v) is 10.0. The van der Waals surface area contributed by atoms with E-state index in [-0.39, 0.29) is 16.8 Å². The van der Waals surface area contributed by atoms with E-state index in [1.54, 1.807) is 6.07 Å². The van der Waals surface area contributed by atoms with Crippen LogP contribution in [0.1, 0.15) is 27.0 Å². The molecule has 3 aromatic rings. The SMILES string of the molecule is Cc1cc(C)c(C(=O)Nc2ccc(S(=O)(=O)Nc3ncccn3)cc2)c(C)c1. The topological polar surface area (TPSA) is 101 Å². The lowest BCUT2D eigenvalue weighted by atomic mass is 9.99. The van der Waals surface area contributed by atoms with Crippen LogP contribution in [0.5, 0.6) is 0 Å². The number of benzene rings is 2. The summed E-state index contributed by atoms with van der Waals surface area (Å²) in [6, 6.07) is 11.4. The lowest BCUT2D eigenvalue weighted by Gasteiger charge is -2.12. The first-order valence-electron chi connectivity index (χ1n) is 8.55. The number of nitrogens with zero attached hydrogens (tertiary/aromatic N) is 2. The molecule has 0 fully saturated rings. The summed E-state index contributed by atoms with van der Waals surface area (Å²) in [5, 5.41) is 2.81. The van der Waals surface area contributed by atoms with Gasteiger partial charge < -0.3 is 5.32 Å². The van der Waals surface area contributed by atoms with Crippen molar-refractivity contribution < 1.29 is 13.2 Å². The number of aryl methyl sites for hydroxylation is 3. The van der Waals surface area contributed by atoms with Crippen LogP contribution < -0.4 is 10.0 Å². The molecule has 3 rings (SSSR count). The fraction of sp³-hybridized carbons (Fsp3) is 0.150. The Balaban J connectivity index is 1.77. The lowest BCUT2D eigenvalue weighted by molar-refractivity contribution is 0.102. The molecule has 1 aromatic heterocycles. The summed E-state index contributed by atoms with van der Waals surface area (Å²) in [7, 11) is -3.82. The van der Waals surface area contributed by atoms with E-state index >= 15 is 0 Å². The Morgan fingerprint density at radius 1 is 0.929 bits per heavy atom. The number of sulfonamides is 1. The molecule has 0 spiro atoms. The van der Waals surface area contributed by atoms with Crippen LogP contribution in [0.3, 0.4) is 0 Å². The van der Waals surface area contributed by atoms with Gasteiger partial charge in [-0.05, 0) is 62.2 Å². The van der Waals surface area contributed by atoms with E-state index in [1.807, 2.05) is 32.9 Å². The number of amides is 1. The van der Waals surface area contributed by atoms with E-state index in [1.165, 1.54) is 36.7 Å². The molecular weight excluding hydrogens is 376 g/mol. The van der Waals surface area contributed by atoms with Crippen molar-refractivity contribution in [3.8, 4) is 0 Å². The summed E-state index contributed by atoms with van der Waals surface area (Å²) in [6.45, 7) is 5.76. The van der Waals surface area contributed by atoms with Gasteiger partial charge in [0, 0.05) is 23.6 Å². The molecule has 0 saturated heterocycles. The minimum atomic E-state index is -3.82. The summed E-state index contributed by atoms with van der Waals surface area (Å²) in [4.78, 5) is 20.4. The van der Waals surface area contributed by atoms with Crippen LogP contribution in [-0.4, -0.2) is 24.3 Å². The fourth-order valence-electron chi connectivity index (χ4n) is 2.98. The zero-order chi connectivity index (χ0) is 20.3. The van der Waals surface area contributed by atoms with Gasteiger partial charge in [-0.15, -0.1) is 0 Å². The third-order valence-corrected chi connectivity index (χ3v) is 5.46. The van der Waals surface area contributed by atoms with E-state index in [0.717, 1.165) is 16.7 Å². The smallest absolute Gasteiger partial charge is 0.264 e. The van der Waals surface area contributed by atoms with Crippen LogP contribution in [0, 0.1) is 20.8 Å². The highest BCUT2D eigenvalue weighted by Gasteiger charge is 2.17. The molecular formula is C20H20N4O3S. The molecule has 144 valence electrons. The number of nitrogens with one attached hydrogen (secondary N) is 2. The van der Waals surface area contributed by atoms with E-state index in [4.69, 9.17) is 0 Å². The highest BCUT2D eigenvalue weighted by Crippen LogP contribution is 2.20. The largest absolute Gasteiger partial charge is 0.322 e. The molecule has 0 saturated carbocycles. The summed E-state index contributed by atoms with van der Waals surface area (Å²) >= 11 is 0. The lowest BCUT2D eigenvalue weighted by Crippen LogP contribution is -2.16. The Morgan fingerprint density at radius 2 is 1.50 bits per heavy atom. The van der Waals surface area contributed by atoms with Crippen LogP contribution in [0.4, 0.5) is 11.6 Å². The van der Waals surface area contributed by atoms with Gasteiger partial charge in [0.25, 0.3) is 15.9 Å². The number of carbonyl (C=O) groups is 1. The van der Waals surface area contributed by atoms with Crippen molar-refractivity contribution in [3.05, 3.63) is 77.1 Å². The predicted molar refractivity (Wildman–Crippen MR) is 108 cm³/mol. The van der Waals surface area contributed by atoms with Gasteiger partial charge in [-0.1, -0.05) is 17.7 Å². The second-order valence-corrected chi connectivity index (χ2v) is 8.11. The third kappa shape index (κ3) is 4.34. The first kappa shape index (κ1) is 19.5. The van der Waals surface area contributed by atoms with Crippen molar-refractivity contribution >= 4 is 27.6 Å². The van der Waals surface area contributed by atoms with Crippen molar-refractivity contribution in [1.29, 1.82) is 0 Å². The van der Waals surface area contributed by atoms with Crippen LogP contribution in [0.25, 0.3) is 0 Å². The second-order valence-electron chi connectivity index (χ2n) is 6.43. The van der Waals surface area contributed by atoms with Crippen molar-refractivity contribution in [3.63, 3.8) is 0 Å². The standard InChI is InChI=1S/C20H20N4O3S/c1-13-11-14(2)18(15(3)12-13)19(25)23-16-5-7-17(8-6-16)28(26,27)24-20-21-9-4-10-22-20/h4-12H,1-3H3,(H,23,25)(H,21,22,24).